The SMILES string of the molecule is CCCCCCCN(CC(=O)OCC)C(C)C. The highest BCUT2D eigenvalue weighted by molar-refractivity contribution is 5.71. The minimum Gasteiger partial charge on any atom is -0.465 e. The number of esters is 1. The van der Waals surface area contributed by atoms with Crippen LogP contribution >= 0.6 is 0 Å². The average Bonchev–Trinajstić information content (AvgIpc) is 2.27. The summed E-state index contributed by atoms with van der Waals surface area (Å²) < 4.78 is 4.99. The number of ether oxygens (including phenoxy) is 1. The van der Waals surface area contributed by atoms with Crippen LogP contribution in [0.5, 0.6) is 0 Å². The van der Waals surface area contributed by atoms with Gasteiger partial charge in [0.15, 0.2) is 0 Å². The molecule has 17 heavy (non-hydrogen) atoms. The standard InChI is InChI=1S/C14H29NO2/c1-5-7-8-9-10-11-15(13(3)4)12-14(16)17-6-2/h13H,5-12H2,1-4H3. The Labute approximate surface area is 107 Å². The van der Waals surface area contributed by atoms with Gasteiger partial charge in [-0.2, -0.15) is 0 Å². The van der Waals surface area contributed by atoms with E-state index in [1.54, 1.807) is 0 Å². The van der Waals surface area contributed by atoms with Gasteiger partial charge in [0.1, 0.15) is 0 Å². The molecular weight excluding hydrogens is 214 g/mol. The number of nitrogens with zero attached hydrogens (tertiary/aromatic N) is 1. The van der Waals surface area contributed by atoms with Crippen LogP contribution in [0.1, 0.15) is 59.8 Å². The van der Waals surface area contributed by atoms with Crippen molar-refractivity contribution >= 4 is 5.97 Å². The van der Waals surface area contributed by atoms with E-state index in [9.17, 15) is 4.79 Å². The van der Waals surface area contributed by atoms with Gasteiger partial charge in [0.05, 0.1) is 13.2 Å². The van der Waals surface area contributed by atoms with Gasteiger partial charge in [-0.15, -0.1) is 0 Å². The summed E-state index contributed by atoms with van der Waals surface area (Å²) in [6.07, 6.45) is 6.34. The third-order valence-electron chi connectivity index (χ3n) is 2.92. The van der Waals surface area contributed by atoms with Crippen LogP contribution in [0.3, 0.4) is 0 Å². The fraction of sp³-hybridized carbons (Fsp3) is 0.929. The lowest BCUT2D eigenvalue weighted by atomic mass is 10.1. The number of rotatable bonds is 10. The van der Waals surface area contributed by atoms with Crippen LogP contribution < -0.4 is 0 Å². The van der Waals surface area contributed by atoms with E-state index in [4.69, 9.17) is 4.74 Å². The maximum absolute atomic E-state index is 11.4. The van der Waals surface area contributed by atoms with Gasteiger partial charge in [0.25, 0.3) is 0 Å². The van der Waals surface area contributed by atoms with Crippen molar-refractivity contribution in [1.82, 2.24) is 4.90 Å². The van der Waals surface area contributed by atoms with Crippen molar-refractivity contribution in [1.29, 1.82) is 0 Å². The Kier molecular flexibility index (Phi) is 10.2. The Balaban J connectivity index is 3.78. The fourth-order valence-corrected chi connectivity index (χ4v) is 1.81. The number of hydrogen-bond acceptors (Lipinski definition) is 3. The molecule has 0 bridgehead atoms. The van der Waals surface area contributed by atoms with E-state index in [0.29, 0.717) is 19.2 Å². The molecule has 0 unspecified atom stereocenters. The highest BCUT2D eigenvalue weighted by Gasteiger charge is 2.13. The van der Waals surface area contributed by atoms with Crippen LogP contribution in [0.4, 0.5) is 0 Å². The summed E-state index contributed by atoms with van der Waals surface area (Å²) in [6, 6.07) is 0.408. The van der Waals surface area contributed by atoms with E-state index in [2.05, 4.69) is 25.7 Å². The highest BCUT2D eigenvalue weighted by atomic mass is 16.5. The van der Waals surface area contributed by atoms with Gasteiger partial charge in [0.2, 0.25) is 0 Å². The zero-order valence-electron chi connectivity index (χ0n) is 12.0. The predicted octanol–water partition coefficient (Wildman–Crippen LogP) is 3.23. The van der Waals surface area contributed by atoms with Gasteiger partial charge >= 0.3 is 5.97 Å². The Hall–Kier alpha value is -0.570. The first kappa shape index (κ1) is 16.4. The van der Waals surface area contributed by atoms with Crippen molar-refractivity contribution in [2.45, 2.75) is 65.8 Å². The number of carbonyl (C=O) groups excluding carboxylic acids is 1. The largest absolute Gasteiger partial charge is 0.465 e. The molecule has 0 fully saturated rings. The van der Waals surface area contributed by atoms with E-state index in [-0.39, 0.29) is 5.97 Å². The lowest BCUT2D eigenvalue weighted by Gasteiger charge is -2.25. The molecule has 0 aromatic rings. The Morgan fingerprint density at radius 3 is 2.29 bits per heavy atom. The zero-order chi connectivity index (χ0) is 13.1. The molecule has 0 aromatic heterocycles. The summed E-state index contributed by atoms with van der Waals surface area (Å²) in [6.45, 7) is 10.2. The Morgan fingerprint density at radius 2 is 1.76 bits per heavy atom. The molecule has 3 nitrogen and oxygen atoms in total. The summed E-state index contributed by atoms with van der Waals surface area (Å²) in [5, 5.41) is 0. The van der Waals surface area contributed by atoms with Gasteiger partial charge < -0.3 is 4.74 Å². The van der Waals surface area contributed by atoms with Gasteiger partial charge in [-0.05, 0) is 33.7 Å². The average molecular weight is 243 g/mol. The van der Waals surface area contributed by atoms with Crippen molar-refractivity contribution in [2.24, 2.45) is 0 Å². The van der Waals surface area contributed by atoms with Crippen LogP contribution in [0.2, 0.25) is 0 Å². The maximum atomic E-state index is 11.4. The molecule has 0 atom stereocenters. The quantitative estimate of drug-likeness (QED) is 0.436. The number of carbonyl (C=O) groups is 1. The monoisotopic (exact) mass is 243 g/mol. The molecule has 0 aromatic carbocycles. The lowest BCUT2D eigenvalue weighted by Crippen LogP contribution is -2.37. The third kappa shape index (κ3) is 9.16. The van der Waals surface area contributed by atoms with Crippen molar-refractivity contribution in [3.63, 3.8) is 0 Å². The summed E-state index contributed by atoms with van der Waals surface area (Å²) in [4.78, 5) is 13.6. The molecule has 3 heteroatoms. The zero-order valence-corrected chi connectivity index (χ0v) is 12.0. The van der Waals surface area contributed by atoms with Crippen molar-refractivity contribution in [3.8, 4) is 0 Å². The van der Waals surface area contributed by atoms with Gasteiger partial charge in [-0.3, -0.25) is 9.69 Å². The molecular formula is C14H29NO2. The summed E-state index contributed by atoms with van der Waals surface area (Å²) >= 11 is 0. The summed E-state index contributed by atoms with van der Waals surface area (Å²) in [5.41, 5.74) is 0. The minimum atomic E-state index is -0.102. The van der Waals surface area contributed by atoms with Crippen LogP contribution in [0, 0.1) is 0 Å². The van der Waals surface area contributed by atoms with E-state index < -0.39 is 0 Å². The predicted molar refractivity (Wildman–Crippen MR) is 72.1 cm³/mol. The van der Waals surface area contributed by atoms with E-state index in [1.165, 1.54) is 32.1 Å². The van der Waals surface area contributed by atoms with Crippen LogP contribution in [-0.4, -0.2) is 36.6 Å². The number of hydrogen-bond donors (Lipinski definition) is 0. The molecule has 102 valence electrons. The molecule has 0 aliphatic heterocycles. The van der Waals surface area contributed by atoms with Crippen molar-refractivity contribution in [3.05, 3.63) is 0 Å². The van der Waals surface area contributed by atoms with Crippen molar-refractivity contribution < 1.29 is 9.53 Å². The Morgan fingerprint density at radius 1 is 1.12 bits per heavy atom. The van der Waals surface area contributed by atoms with Crippen molar-refractivity contribution in [2.75, 3.05) is 19.7 Å². The van der Waals surface area contributed by atoms with Crippen LogP contribution in [-0.2, 0) is 9.53 Å². The molecule has 0 saturated heterocycles. The topological polar surface area (TPSA) is 29.5 Å². The molecule has 0 saturated carbocycles. The van der Waals surface area contributed by atoms with Crippen LogP contribution in [0.15, 0.2) is 0 Å². The van der Waals surface area contributed by atoms with E-state index >= 15 is 0 Å². The Bertz CT molecular complexity index is 193. The highest BCUT2D eigenvalue weighted by Crippen LogP contribution is 2.06. The minimum absolute atomic E-state index is 0.102. The summed E-state index contributed by atoms with van der Waals surface area (Å²) in [7, 11) is 0. The second-order valence-corrected chi connectivity index (χ2v) is 4.78. The smallest absolute Gasteiger partial charge is 0.320 e. The molecule has 0 spiro atoms. The van der Waals surface area contributed by atoms with Crippen LogP contribution in [0.25, 0.3) is 0 Å². The first-order valence-electron chi connectivity index (χ1n) is 7.01. The second kappa shape index (κ2) is 10.6. The third-order valence-corrected chi connectivity index (χ3v) is 2.92. The van der Waals surface area contributed by atoms with Gasteiger partial charge in [-0.25, -0.2) is 0 Å². The summed E-state index contributed by atoms with van der Waals surface area (Å²) in [5.74, 6) is -0.102. The van der Waals surface area contributed by atoms with Gasteiger partial charge in [0, 0.05) is 6.04 Å². The molecule has 0 amide bonds. The molecule has 0 aliphatic rings. The first-order chi connectivity index (χ1) is 8.11. The molecule has 0 rings (SSSR count). The normalized spacial score (nSPS) is 11.2. The molecule has 0 N–H and O–H groups in total. The molecule has 0 aliphatic carbocycles. The molecule has 0 heterocycles. The van der Waals surface area contributed by atoms with E-state index in [0.717, 1.165) is 6.54 Å². The number of unbranched alkanes of at least 4 members (excludes halogenated alkanes) is 4. The molecule has 0 radical (unpaired) electrons. The first-order valence-corrected chi connectivity index (χ1v) is 7.01. The fourth-order valence-electron chi connectivity index (χ4n) is 1.81. The van der Waals surface area contributed by atoms with E-state index in [1.807, 2.05) is 6.92 Å². The van der Waals surface area contributed by atoms with Gasteiger partial charge in [-0.1, -0.05) is 32.6 Å². The second-order valence-electron chi connectivity index (χ2n) is 4.78. The maximum Gasteiger partial charge on any atom is 0.320 e. The lowest BCUT2D eigenvalue weighted by molar-refractivity contribution is -0.144.